The third kappa shape index (κ3) is 2.79. The lowest BCUT2D eigenvalue weighted by molar-refractivity contribution is 1.12. The molecule has 0 saturated carbocycles. The van der Waals surface area contributed by atoms with E-state index >= 15 is 0 Å². The Balaban J connectivity index is 1.93. The van der Waals surface area contributed by atoms with Crippen molar-refractivity contribution in [3.05, 3.63) is 71.4 Å². The van der Waals surface area contributed by atoms with Crippen LogP contribution in [-0.4, -0.2) is 17.0 Å². The molecule has 0 saturated heterocycles. The third-order valence-corrected chi connectivity index (χ3v) is 5.37. The Hall–Kier alpha value is -2.72. The van der Waals surface area contributed by atoms with Crippen molar-refractivity contribution in [2.75, 3.05) is 11.9 Å². The van der Waals surface area contributed by atoms with Crippen molar-refractivity contribution in [1.29, 1.82) is 0 Å². The SMILES string of the molecule is Cc1ccc(-c2csc3ncnc(N(C)c4ccccc4)c23)c(C)c1. The number of hydrogen-bond donors (Lipinski definition) is 0. The van der Waals surface area contributed by atoms with Crippen LogP contribution in [0.1, 0.15) is 11.1 Å². The Bertz CT molecular complexity index is 1040. The van der Waals surface area contributed by atoms with Gasteiger partial charge < -0.3 is 4.90 Å². The molecule has 2 heterocycles. The van der Waals surface area contributed by atoms with Crippen LogP contribution in [0.25, 0.3) is 21.3 Å². The minimum absolute atomic E-state index is 0.937. The zero-order valence-electron chi connectivity index (χ0n) is 14.5. The van der Waals surface area contributed by atoms with Crippen molar-refractivity contribution in [3.8, 4) is 11.1 Å². The van der Waals surface area contributed by atoms with E-state index < -0.39 is 0 Å². The largest absolute Gasteiger partial charge is 0.329 e. The van der Waals surface area contributed by atoms with Crippen LogP contribution >= 0.6 is 11.3 Å². The fourth-order valence-electron chi connectivity index (χ4n) is 3.20. The molecule has 0 amide bonds. The second kappa shape index (κ2) is 6.30. The molecule has 4 aromatic rings. The van der Waals surface area contributed by atoms with Crippen molar-refractivity contribution in [1.82, 2.24) is 9.97 Å². The van der Waals surface area contributed by atoms with Crippen LogP contribution < -0.4 is 4.90 Å². The Morgan fingerprint density at radius 3 is 2.48 bits per heavy atom. The standard InChI is InChI=1S/C21H19N3S/c1-14-9-10-17(15(2)11-14)18-12-25-21-19(18)20(22-13-23-21)24(3)16-7-5-4-6-8-16/h4-13H,1-3H3. The number of aromatic nitrogens is 2. The Kier molecular flexibility index (Phi) is 3.98. The third-order valence-electron chi connectivity index (χ3n) is 4.48. The summed E-state index contributed by atoms with van der Waals surface area (Å²) in [6.07, 6.45) is 1.65. The van der Waals surface area contributed by atoms with Gasteiger partial charge in [0.2, 0.25) is 0 Å². The van der Waals surface area contributed by atoms with Gasteiger partial charge in [-0.25, -0.2) is 9.97 Å². The summed E-state index contributed by atoms with van der Waals surface area (Å²) in [6.45, 7) is 4.29. The minimum atomic E-state index is 0.937. The van der Waals surface area contributed by atoms with E-state index in [9.17, 15) is 0 Å². The number of thiophene rings is 1. The summed E-state index contributed by atoms with van der Waals surface area (Å²) >= 11 is 1.67. The molecular formula is C21H19N3S. The summed E-state index contributed by atoms with van der Waals surface area (Å²) in [5, 5.41) is 3.31. The lowest BCUT2D eigenvalue weighted by Gasteiger charge is -2.19. The average molecular weight is 345 g/mol. The molecule has 0 unspecified atom stereocenters. The van der Waals surface area contributed by atoms with Gasteiger partial charge in [-0.1, -0.05) is 42.0 Å². The van der Waals surface area contributed by atoms with Crippen molar-refractivity contribution in [2.24, 2.45) is 0 Å². The van der Waals surface area contributed by atoms with Crippen molar-refractivity contribution in [3.63, 3.8) is 0 Å². The lowest BCUT2D eigenvalue weighted by atomic mass is 9.99. The minimum Gasteiger partial charge on any atom is -0.329 e. The summed E-state index contributed by atoms with van der Waals surface area (Å²) in [7, 11) is 2.06. The molecule has 0 fully saturated rings. The molecule has 0 atom stereocenters. The molecule has 0 aliphatic rings. The molecule has 4 rings (SSSR count). The maximum Gasteiger partial charge on any atom is 0.145 e. The highest BCUT2D eigenvalue weighted by atomic mass is 32.1. The van der Waals surface area contributed by atoms with Crippen LogP contribution in [0.2, 0.25) is 0 Å². The smallest absolute Gasteiger partial charge is 0.145 e. The highest BCUT2D eigenvalue weighted by Crippen LogP contribution is 2.40. The molecule has 0 aliphatic carbocycles. The van der Waals surface area contributed by atoms with Gasteiger partial charge >= 0.3 is 0 Å². The number of benzene rings is 2. The van der Waals surface area contributed by atoms with Crippen LogP contribution in [0.15, 0.2) is 60.2 Å². The first-order chi connectivity index (χ1) is 12.1. The zero-order chi connectivity index (χ0) is 17.4. The van der Waals surface area contributed by atoms with Crippen molar-refractivity contribution in [2.45, 2.75) is 13.8 Å². The number of anilines is 2. The van der Waals surface area contributed by atoms with Gasteiger partial charge in [0.15, 0.2) is 0 Å². The Labute approximate surface area is 151 Å². The summed E-state index contributed by atoms with van der Waals surface area (Å²) in [4.78, 5) is 12.2. The molecule has 0 N–H and O–H groups in total. The van der Waals surface area contributed by atoms with E-state index in [0.29, 0.717) is 0 Å². The highest BCUT2D eigenvalue weighted by molar-refractivity contribution is 7.17. The van der Waals surface area contributed by atoms with Gasteiger partial charge in [-0.3, -0.25) is 0 Å². The first kappa shape index (κ1) is 15.8. The van der Waals surface area contributed by atoms with Gasteiger partial charge in [-0.15, -0.1) is 11.3 Å². The molecule has 124 valence electrons. The number of hydrogen-bond acceptors (Lipinski definition) is 4. The highest BCUT2D eigenvalue weighted by Gasteiger charge is 2.17. The maximum atomic E-state index is 4.61. The summed E-state index contributed by atoms with van der Waals surface area (Å²) in [5.41, 5.74) is 6.11. The molecule has 0 bridgehead atoms. The van der Waals surface area contributed by atoms with Gasteiger partial charge in [0.25, 0.3) is 0 Å². The summed E-state index contributed by atoms with van der Waals surface area (Å²) in [5.74, 6) is 0.937. The maximum absolute atomic E-state index is 4.61. The second-order valence-electron chi connectivity index (χ2n) is 6.24. The molecule has 25 heavy (non-hydrogen) atoms. The quantitative estimate of drug-likeness (QED) is 0.474. The first-order valence-corrected chi connectivity index (χ1v) is 9.11. The predicted molar refractivity (Wildman–Crippen MR) is 107 cm³/mol. The average Bonchev–Trinajstić information content (AvgIpc) is 3.06. The molecule has 0 spiro atoms. The molecular weight excluding hydrogens is 326 g/mol. The Morgan fingerprint density at radius 2 is 1.72 bits per heavy atom. The topological polar surface area (TPSA) is 29.0 Å². The van der Waals surface area contributed by atoms with E-state index in [1.165, 1.54) is 22.3 Å². The van der Waals surface area contributed by atoms with Gasteiger partial charge in [0.05, 0.1) is 5.39 Å². The van der Waals surface area contributed by atoms with E-state index in [2.05, 4.69) is 71.5 Å². The number of nitrogens with zero attached hydrogens (tertiary/aromatic N) is 3. The van der Waals surface area contributed by atoms with E-state index in [0.717, 1.165) is 21.7 Å². The van der Waals surface area contributed by atoms with Gasteiger partial charge in [0.1, 0.15) is 17.0 Å². The summed E-state index contributed by atoms with van der Waals surface area (Å²) in [6, 6.07) is 16.9. The lowest BCUT2D eigenvalue weighted by Crippen LogP contribution is -2.11. The van der Waals surface area contributed by atoms with E-state index in [4.69, 9.17) is 0 Å². The van der Waals surface area contributed by atoms with Crippen LogP contribution in [0.4, 0.5) is 11.5 Å². The van der Waals surface area contributed by atoms with Crippen molar-refractivity contribution >= 4 is 33.1 Å². The van der Waals surface area contributed by atoms with E-state index in [1.54, 1.807) is 17.7 Å². The van der Waals surface area contributed by atoms with Gasteiger partial charge in [0, 0.05) is 23.7 Å². The fourth-order valence-corrected chi connectivity index (χ4v) is 4.10. The van der Waals surface area contributed by atoms with Crippen LogP contribution in [0, 0.1) is 13.8 Å². The van der Waals surface area contributed by atoms with E-state index in [1.807, 2.05) is 18.2 Å². The van der Waals surface area contributed by atoms with Gasteiger partial charge in [-0.2, -0.15) is 0 Å². The van der Waals surface area contributed by atoms with Gasteiger partial charge in [-0.05, 0) is 37.1 Å². The summed E-state index contributed by atoms with van der Waals surface area (Å²) < 4.78 is 0. The molecule has 0 aliphatic heterocycles. The van der Waals surface area contributed by atoms with Crippen LogP contribution in [0.3, 0.4) is 0 Å². The predicted octanol–water partition coefficient (Wildman–Crippen LogP) is 5.74. The molecule has 0 radical (unpaired) electrons. The zero-order valence-corrected chi connectivity index (χ0v) is 15.3. The molecule has 3 nitrogen and oxygen atoms in total. The van der Waals surface area contributed by atoms with Crippen molar-refractivity contribution < 1.29 is 0 Å². The first-order valence-electron chi connectivity index (χ1n) is 8.24. The molecule has 4 heteroatoms. The van der Waals surface area contributed by atoms with E-state index in [-0.39, 0.29) is 0 Å². The van der Waals surface area contributed by atoms with Crippen LogP contribution in [-0.2, 0) is 0 Å². The number of aryl methyl sites for hydroxylation is 2. The van der Waals surface area contributed by atoms with Crippen LogP contribution in [0.5, 0.6) is 0 Å². The number of fused-ring (bicyclic) bond motifs is 1. The fraction of sp³-hybridized carbons (Fsp3) is 0.143. The molecule has 2 aromatic heterocycles. The second-order valence-corrected chi connectivity index (χ2v) is 7.10. The normalized spacial score (nSPS) is 11.0. The Morgan fingerprint density at radius 1 is 0.920 bits per heavy atom. The number of para-hydroxylation sites is 1. The number of rotatable bonds is 3. The molecule has 2 aromatic carbocycles. The monoisotopic (exact) mass is 345 g/mol.